The Hall–Kier alpha value is -0.260. The second-order valence-corrected chi connectivity index (χ2v) is 7.18. The Morgan fingerprint density at radius 3 is 2.76 bits per heavy atom. The highest BCUT2D eigenvalue weighted by molar-refractivity contribution is 6.66. The molecule has 0 saturated carbocycles. The van der Waals surface area contributed by atoms with E-state index >= 15 is 0 Å². The van der Waals surface area contributed by atoms with Crippen LogP contribution in [0.25, 0.3) is 0 Å². The maximum atomic E-state index is 13.4. The molecule has 1 aliphatic heterocycles. The second kappa shape index (κ2) is 7.34. The van der Waals surface area contributed by atoms with Crippen molar-refractivity contribution >= 4 is 40.5 Å². The number of hydrogen-bond donors (Lipinski definition) is 1. The van der Waals surface area contributed by atoms with Crippen LogP contribution < -0.4 is 10.2 Å². The average molecular weight is 356 g/mol. The molecule has 21 heavy (non-hydrogen) atoms. The number of ether oxygens (including phenoxy) is 1. The highest BCUT2D eigenvalue weighted by atomic mass is 35.6. The van der Waals surface area contributed by atoms with E-state index in [1.54, 1.807) is 12.1 Å². The minimum Gasteiger partial charge on any atom is -0.345 e. The Kier molecular flexibility index (Phi) is 5.97. The zero-order valence-corrected chi connectivity index (χ0v) is 13.9. The van der Waals surface area contributed by atoms with Crippen molar-refractivity contribution in [1.29, 1.82) is 0 Å². The lowest BCUT2D eigenvalue weighted by molar-refractivity contribution is -0.105. The summed E-state index contributed by atoms with van der Waals surface area (Å²) in [5.74, 6) is 0. The number of nitrogens with zero attached hydrogens (tertiary/aromatic N) is 1. The molecule has 0 bridgehead atoms. The predicted molar refractivity (Wildman–Crippen MR) is 86.0 cm³/mol. The van der Waals surface area contributed by atoms with Crippen LogP contribution in [0.3, 0.4) is 0 Å². The molecule has 1 aromatic carbocycles. The number of nitrogens with one attached hydrogen (secondary N) is 1. The van der Waals surface area contributed by atoms with Crippen molar-refractivity contribution in [2.45, 2.75) is 29.7 Å². The van der Waals surface area contributed by atoms with Crippen molar-refractivity contribution in [1.82, 2.24) is 5.32 Å². The Bertz CT molecular complexity index is 470. The summed E-state index contributed by atoms with van der Waals surface area (Å²) >= 11 is 17.8. The second-order valence-electron chi connectivity index (χ2n) is 4.90. The van der Waals surface area contributed by atoms with Crippen molar-refractivity contribution < 1.29 is 9.13 Å². The van der Waals surface area contributed by atoms with Crippen LogP contribution in [-0.4, -0.2) is 32.2 Å². The monoisotopic (exact) mass is 354 g/mol. The molecule has 1 heterocycles. The number of halogens is 4. The summed E-state index contributed by atoms with van der Waals surface area (Å²) in [4.78, 5) is 1.98. The van der Waals surface area contributed by atoms with E-state index in [0.717, 1.165) is 18.7 Å². The summed E-state index contributed by atoms with van der Waals surface area (Å²) in [5, 5.41) is 3.02. The van der Waals surface area contributed by atoms with Gasteiger partial charge in [0.2, 0.25) is 10.2 Å². The maximum absolute atomic E-state index is 13.4. The van der Waals surface area contributed by atoms with Crippen molar-refractivity contribution in [3.05, 3.63) is 29.8 Å². The predicted octanol–water partition coefficient (Wildman–Crippen LogP) is 3.97. The third-order valence-electron chi connectivity index (χ3n) is 3.25. The molecule has 0 aliphatic carbocycles. The Labute approximate surface area is 139 Å². The van der Waals surface area contributed by atoms with E-state index in [1.807, 2.05) is 17.0 Å². The van der Waals surface area contributed by atoms with E-state index in [4.69, 9.17) is 39.5 Å². The number of benzene rings is 1. The molecule has 7 heteroatoms. The molecular formula is C14H18Cl3FN2O. The van der Waals surface area contributed by atoms with Gasteiger partial charge < -0.3 is 15.0 Å². The van der Waals surface area contributed by atoms with Gasteiger partial charge in [0, 0.05) is 24.3 Å². The molecule has 2 rings (SSSR count). The maximum Gasteiger partial charge on any atom is 0.216 e. The van der Waals surface area contributed by atoms with Crippen molar-refractivity contribution in [3.8, 4) is 0 Å². The number of anilines is 1. The van der Waals surface area contributed by atoms with Crippen LogP contribution >= 0.6 is 34.8 Å². The molecule has 1 aromatic rings. The van der Waals surface area contributed by atoms with Crippen LogP contribution in [0.4, 0.5) is 10.1 Å². The van der Waals surface area contributed by atoms with Crippen LogP contribution in [0.15, 0.2) is 24.3 Å². The first kappa shape index (κ1) is 17.1. The van der Waals surface area contributed by atoms with Crippen molar-refractivity contribution in [2.75, 3.05) is 24.5 Å². The van der Waals surface area contributed by atoms with E-state index in [1.165, 1.54) is 0 Å². The summed E-state index contributed by atoms with van der Waals surface area (Å²) in [5.41, 5.74) is 1.42. The molecule has 118 valence electrons. The standard InChI is InChI=1S/C14H18Cl3FN2O/c1-2-6-20(13-9-19-8-12(18)21-13)11-5-3-4-10(7-11)14(15,16)17/h3-5,7,12-13,19H,2,6,8-9H2,1H3. The SMILES string of the molecule is CCCN(c1cccc(C(Cl)(Cl)Cl)c1)C1CNCC(F)O1. The molecule has 2 atom stereocenters. The summed E-state index contributed by atoms with van der Waals surface area (Å²) in [6, 6.07) is 7.27. The molecule has 3 nitrogen and oxygen atoms in total. The highest BCUT2D eigenvalue weighted by Crippen LogP contribution is 2.39. The van der Waals surface area contributed by atoms with Crippen molar-refractivity contribution in [2.24, 2.45) is 0 Å². The molecule has 0 radical (unpaired) electrons. The van der Waals surface area contributed by atoms with E-state index in [-0.39, 0.29) is 12.8 Å². The molecule has 2 unspecified atom stereocenters. The minimum atomic E-state index is -1.48. The van der Waals surface area contributed by atoms with Gasteiger partial charge in [0.05, 0.1) is 6.54 Å². The average Bonchev–Trinajstić information content (AvgIpc) is 2.44. The smallest absolute Gasteiger partial charge is 0.216 e. The summed E-state index contributed by atoms with van der Waals surface area (Å²) in [6.45, 7) is 3.54. The van der Waals surface area contributed by atoms with Crippen LogP contribution in [0.2, 0.25) is 0 Å². The molecular weight excluding hydrogens is 338 g/mol. The number of alkyl halides is 4. The van der Waals surface area contributed by atoms with Gasteiger partial charge in [-0.1, -0.05) is 53.9 Å². The van der Waals surface area contributed by atoms with Gasteiger partial charge >= 0.3 is 0 Å². The fraction of sp³-hybridized carbons (Fsp3) is 0.571. The van der Waals surface area contributed by atoms with Gasteiger partial charge in [-0.2, -0.15) is 0 Å². The fourth-order valence-electron chi connectivity index (χ4n) is 2.31. The van der Waals surface area contributed by atoms with E-state index < -0.39 is 10.2 Å². The van der Waals surface area contributed by atoms with Gasteiger partial charge in [0.15, 0.2) is 0 Å². The lowest BCUT2D eigenvalue weighted by Gasteiger charge is -2.37. The molecule has 1 N–H and O–H groups in total. The number of morpholine rings is 1. The van der Waals surface area contributed by atoms with Gasteiger partial charge in [-0.3, -0.25) is 0 Å². The van der Waals surface area contributed by atoms with Crippen LogP contribution in [-0.2, 0) is 8.53 Å². The van der Waals surface area contributed by atoms with Gasteiger partial charge in [-0.05, 0) is 18.6 Å². The topological polar surface area (TPSA) is 24.5 Å². The first-order valence-electron chi connectivity index (χ1n) is 6.86. The minimum absolute atomic E-state index is 0.213. The lowest BCUT2D eigenvalue weighted by atomic mass is 10.2. The molecule has 1 saturated heterocycles. The molecule has 0 spiro atoms. The van der Waals surface area contributed by atoms with E-state index in [2.05, 4.69) is 12.2 Å². The highest BCUT2D eigenvalue weighted by Gasteiger charge is 2.28. The third-order valence-corrected chi connectivity index (χ3v) is 3.90. The summed E-state index contributed by atoms with van der Waals surface area (Å²) < 4.78 is 17.3. The quantitative estimate of drug-likeness (QED) is 0.827. The third kappa shape index (κ3) is 4.60. The van der Waals surface area contributed by atoms with Gasteiger partial charge in [-0.25, -0.2) is 4.39 Å². The van der Waals surface area contributed by atoms with Gasteiger partial charge in [0.1, 0.15) is 6.23 Å². The van der Waals surface area contributed by atoms with Crippen LogP contribution in [0.1, 0.15) is 18.9 Å². The number of rotatable bonds is 4. The summed E-state index contributed by atoms with van der Waals surface area (Å²) in [7, 11) is 0. The number of hydrogen-bond acceptors (Lipinski definition) is 3. The molecule has 1 fully saturated rings. The normalized spacial score (nSPS) is 23.1. The molecule has 1 aliphatic rings. The van der Waals surface area contributed by atoms with E-state index in [9.17, 15) is 4.39 Å². The Morgan fingerprint density at radius 1 is 1.38 bits per heavy atom. The first-order chi connectivity index (χ1) is 9.91. The first-order valence-corrected chi connectivity index (χ1v) is 7.99. The fourth-order valence-corrected chi connectivity index (χ4v) is 2.66. The van der Waals surface area contributed by atoms with Gasteiger partial charge in [-0.15, -0.1) is 0 Å². The molecule has 0 aromatic heterocycles. The van der Waals surface area contributed by atoms with Crippen LogP contribution in [0, 0.1) is 0 Å². The van der Waals surface area contributed by atoms with Gasteiger partial charge in [0.25, 0.3) is 0 Å². The zero-order valence-electron chi connectivity index (χ0n) is 11.7. The summed E-state index contributed by atoms with van der Waals surface area (Å²) in [6.07, 6.45) is -0.784. The molecule has 0 amide bonds. The Morgan fingerprint density at radius 2 is 2.14 bits per heavy atom. The zero-order chi connectivity index (χ0) is 15.5. The lowest BCUT2D eigenvalue weighted by Crippen LogP contribution is -2.52. The Balaban J connectivity index is 2.25. The largest absolute Gasteiger partial charge is 0.345 e. The van der Waals surface area contributed by atoms with Crippen LogP contribution in [0.5, 0.6) is 0 Å². The van der Waals surface area contributed by atoms with Crippen molar-refractivity contribution in [3.63, 3.8) is 0 Å². The van der Waals surface area contributed by atoms with E-state index in [0.29, 0.717) is 12.1 Å².